The van der Waals surface area contributed by atoms with Crippen LogP contribution >= 0.6 is 0 Å². The molecule has 0 atom stereocenters. The molecule has 3 heteroatoms. The van der Waals surface area contributed by atoms with Crippen molar-refractivity contribution in [3.05, 3.63) is 29.6 Å². The van der Waals surface area contributed by atoms with E-state index in [9.17, 15) is 0 Å². The maximum atomic E-state index is 5.55. The van der Waals surface area contributed by atoms with Crippen LogP contribution in [0.5, 0.6) is 0 Å². The Labute approximate surface area is 91.1 Å². The van der Waals surface area contributed by atoms with Crippen molar-refractivity contribution in [1.29, 1.82) is 0 Å². The molecule has 0 aliphatic heterocycles. The lowest BCUT2D eigenvalue weighted by molar-refractivity contribution is 0.240. The summed E-state index contributed by atoms with van der Waals surface area (Å²) in [6.07, 6.45) is 4.46. The van der Waals surface area contributed by atoms with Crippen LogP contribution in [0.15, 0.2) is 18.3 Å². The standard InChI is InChI=1S/C12H19N3/c1-9-4-11(5-9)15-8-10-2-3-14-12(6-10)7-13/h2-3,6,9,11,15H,4-5,7-8,13H2,1H3. The second-order valence-corrected chi connectivity index (χ2v) is 4.51. The van der Waals surface area contributed by atoms with Gasteiger partial charge in [-0.2, -0.15) is 0 Å². The molecule has 0 spiro atoms. The fraction of sp³-hybridized carbons (Fsp3) is 0.583. The highest BCUT2D eigenvalue weighted by atomic mass is 14.9. The molecule has 0 amide bonds. The lowest BCUT2D eigenvalue weighted by Gasteiger charge is -2.33. The first kappa shape index (κ1) is 10.6. The fourth-order valence-electron chi connectivity index (χ4n) is 2.08. The van der Waals surface area contributed by atoms with Crippen LogP contribution in [-0.4, -0.2) is 11.0 Å². The average Bonchev–Trinajstić information content (AvgIpc) is 2.23. The molecule has 0 unspecified atom stereocenters. The second kappa shape index (κ2) is 4.73. The molecule has 3 N–H and O–H groups in total. The number of rotatable bonds is 4. The zero-order valence-corrected chi connectivity index (χ0v) is 9.24. The Morgan fingerprint density at radius 3 is 3.00 bits per heavy atom. The summed E-state index contributed by atoms with van der Waals surface area (Å²) in [4.78, 5) is 4.18. The summed E-state index contributed by atoms with van der Waals surface area (Å²) >= 11 is 0. The van der Waals surface area contributed by atoms with Crippen LogP contribution in [0, 0.1) is 5.92 Å². The van der Waals surface area contributed by atoms with Gasteiger partial charge in [0.2, 0.25) is 0 Å². The van der Waals surface area contributed by atoms with Gasteiger partial charge in [0, 0.05) is 25.3 Å². The van der Waals surface area contributed by atoms with E-state index in [1.807, 2.05) is 12.3 Å². The largest absolute Gasteiger partial charge is 0.325 e. The number of hydrogen-bond donors (Lipinski definition) is 2. The molecule has 15 heavy (non-hydrogen) atoms. The Kier molecular flexibility index (Phi) is 3.34. The van der Waals surface area contributed by atoms with E-state index in [0.29, 0.717) is 6.54 Å². The van der Waals surface area contributed by atoms with Gasteiger partial charge >= 0.3 is 0 Å². The quantitative estimate of drug-likeness (QED) is 0.781. The Hall–Kier alpha value is -0.930. The minimum absolute atomic E-state index is 0.522. The van der Waals surface area contributed by atoms with Gasteiger partial charge in [-0.1, -0.05) is 6.92 Å². The van der Waals surface area contributed by atoms with Gasteiger partial charge in [-0.25, -0.2) is 0 Å². The van der Waals surface area contributed by atoms with E-state index >= 15 is 0 Å². The van der Waals surface area contributed by atoms with Crippen LogP contribution in [0.2, 0.25) is 0 Å². The van der Waals surface area contributed by atoms with Crippen molar-refractivity contribution < 1.29 is 0 Å². The molecule has 82 valence electrons. The molecule has 0 radical (unpaired) electrons. The van der Waals surface area contributed by atoms with Gasteiger partial charge in [0.15, 0.2) is 0 Å². The van der Waals surface area contributed by atoms with Crippen LogP contribution in [0.3, 0.4) is 0 Å². The number of nitrogens with zero attached hydrogens (tertiary/aromatic N) is 1. The first-order valence-electron chi connectivity index (χ1n) is 5.65. The zero-order valence-electron chi connectivity index (χ0n) is 9.24. The van der Waals surface area contributed by atoms with Crippen LogP contribution in [0.25, 0.3) is 0 Å². The molecule has 1 aliphatic rings. The van der Waals surface area contributed by atoms with Gasteiger partial charge in [-0.05, 0) is 36.5 Å². The highest BCUT2D eigenvalue weighted by Gasteiger charge is 2.24. The second-order valence-electron chi connectivity index (χ2n) is 4.51. The molecule has 2 rings (SSSR count). The molecule has 1 aliphatic carbocycles. The molecule has 3 nitrogen and oxygen atoms in total. The van der Waals surface area contributed by atoms with E-state index in [-0.39, 0.29) is 0 Å². The van der Waals surface area contributed by atoms with Gasteiger partial charge in [0.25, 0.3) is 0 Å². The van der Waals surface area contributed by atoms with Crippen molar-refractivity contribution in [2.24, 2.45) is 11.7 Å². The minimum atomic E-state index is 0.522. The number of nitrogens with one attached hydrogen (secondary N) is 1. The van der Waals surface area contributed by atoms with Crippen molar-refractivity contribution in [3.8, 4) is 0 Å². The van der Waals surface area contributed by atoms with Gasteiger partial charge < -0.3 is 11.1 Å². The summed E-state index contributed by atoms with van der Waals surface area (Å²) in [5, 5.41) is 3.55. The van der Waals surface area contributed by atoms with Gasteiger partial charge in [0.1, 0.15) is 0 Å². The topological polar surface area (TPSA) is 50.9 Å². The maximum Gasteiger partial charge on any atom is 0.0542 e. The van der Waals surface area contributed by atoms with Crippen LogP contribution in [0.1, 0.15) is 31.0 Å². The molecule has 1 heterocycles. The van der Waals surface area contributed by atoms with E-state index in [4.69, 9.17) is 5.73 Å². The van der Waals surface area contributed by atoms with Crippen molar-refractivity contribution in [3.63, 3.8) is 0 Å². The third-order valence-corrected chi connectivity index (χ3v) is 3.06. The third-order valence-electron chi connectivity index (χ3n) is 3.06. The number of hydrogen-bond acceptors (Lipinski definition) is 3. The van der Waals surface area contributed by atoms with Crippen molar-refractivity contribution in [2.45, 2.75) is 38.9 Å². The van der Waals surface area contributed by atoms with Gasteiger partial charge in [0.05, 0.1) is 5.69 Å². The molecule has 0 aromatic carbocycles. The maximum absolute atomic E-state index is 5.55. The van der Waals surface area contributed by atoms with Crippen molar-refractivity contribution in [1.82, 2.24) is 10.3 Å². The fourth-order valence-corrected chi connectivity index (χ4v) is 2.08. The molecule has 1 fully saturated rings. The van der Waals surface area contributed by atoms with Crippen molar-refractivity contribution in [2.75, 3.05) is 0 Å². The Balaban J connectivity index is 1.82. The summed E-state index contributed by atoms with van der Waals surface area (Å²) in [6, 6.07) is 4.85. The Morgan fingerprint density at radius 2 is 2.33 bits per heavy atom. The number of aromatic nitrogens is 1. The first-order chi connectivity index (χ1) is 7.28. The lowest BCUT2D eigenvalue weighted by Crippen LogP contribution is -2.39. The molecular weight excluding hydrogens is 186 g/mol. The predicted molar refractivity (Wildman–Crippen MR) is 61.2 cm³/mol. The monoisotopic (exact) mass is 205 g/mol. The van der Waals surface area contributed by atoms with Crippen LogP contribution in [-0.2, 0) is 13.1 Å². The first-order valence-corrected chi connectivity index (χ1v) is 5.65. The molecule has 0 bridgehead atoms. The smallest absolute Gasteiger partial charge is 0.0542 e. The van der Waals surface area contributed by atoms with E-state index < -0.39 is 0 Å². The van der Waals surface area contributed by atoms with Crippen LogP contribution < -0.4 is 11.1 Å². The van der Waals surface area contributed by atoms with Crippen LogP contribution in [0.4, 0.5) is 0 Å². The van der Waals surface area contributed by atoms with E-state index in [1.165, 1.54) is 18.4 Å². The molecular formula is C12H19N3. The predicted octanol–water partition coefficient (Wildman–Crippen LogP) is 1.43. The van der Waals surface area contributed by atoms with E-state index in [0.717, 1.165) is 24.2 Å². The lowest BCUT2D eigenvalue weighted by atomic mass is 9.82. The van der Waals surface area contributed by atoms with Gasteiger partial charge in [-0.3, -0.25) is 4.98 Å². The molecule has 1 aromatic heterocycles. The van der Waals surface area contributed by atoms with E-state index in [1.54, 1.807) is 0 Å². The number of nitrogens with two attached hydrogens (primary N) is 1. The Morgan fingerprint density at radius 1 is 1.53 bits per heavy atom. The average molecular weight is 205 g/mol. The zero-order chi connectivity index (χ0) is 10.7. The number of pyridine rings is 1. The summed E-state index contributed by atoms with van der Waals surface area (Å²) in [5.74, 6) is 0.902. The third kappa shape index (κ3) is 2.76. The highest BCUT2D eigenvalue weighted by molar-refractivity contribution is 5.16. The summed E-state index contributed by atoms with van der Waals surface area (Å²) in [5.41, 5.74) is 7.80. The highest BCUT2D eigenvalue weighted by Crippen LogP contribution is 2.26. The minimum Gasteiger partial charge on any atom is -0.325 e. The van der Waals surface area contributed by atoms with Crippen molar-refractivity contribution >= 4 is 0 Å². The molecule has 1 aromatic rings. The summed E-state index contributed by atoms with van der Waals surface area (Å²) < 4.78 is 0. The Bertz CT molecular complexity index is 318. The van der Waals surface area contributed by atoms with E-state index in [2.05, 4.69) is 23.3 Å². The summed E-state index contributed by atoms with van der Waals surface area (Å²) in [6.45, 7) is 3.76. The molecule has 0 saturated heterocycles. The SMILES string of the molecule is CC1CC(NCc2ccnc(CN)c2)C1. The normalized spacial score (nSPS) is 24.9. The summed E-state index contributed by atoms with van der Waals surface area (Å²) in [7, 11) is 0. The molecule has 1 saturated carbocycles. The van der Waals surface area contributed by atoms with Gasteiger partial charge in [-0.15, -0.1) is 0 Å².